The molecule has 4 rings (SSSR count). The van der Waals surface area contributed by atoms with Gasteiger partial charge in [-0.1, -0.05) is 6.07 Å². The number of rotatable bonds is 8. The molecule has 0 aliphatic heterocycles. The van der Waals surface area contributed by atoms with Crippen LogP contribution in [0.25, 0.3) is 0 Å². The van der Waals surface area contributed by atoms with Crippen LogP contribution in [0.15, 0.2) is 34.8 Å². The van der Waals surface area contributed by atoms with Crippen molar-refractivity contribution < 1.29 is 39.9 Å². The fourth-order valence-electron chi connectivity index (χ4n) is 6.92. The van der Waals surface area contributed by atoms with Gasteiger partial charge in [-0.25, -0.2) is 0 Å². The zero-order valence-electron chi connectivity index (χ0n) is 22.9. The van der Waals surface area contributed by atoms with E-state index in [0.29, 0.717) is 12.1 Å². The van der Waals surface area contributed by atoms with Crippen LogP contribution in [0.5, 0.6) is 5.75 Å². The molecule has 11 nitrogen and oxygen atoms in total. The Labute approximate surface area is 227 Å². The molecular weight excluding hydrogens is 506 g/mol. The van der Waals surface area contributed by atoms with Gasteiger partial charge in [-0.3, -0.25) is 19.3 Å². The van der Waals surface area contributed by atoms with E-state index in [9.17, 15) is 39.9 Å². The van der Waals surface area contributed by atoms with Gasteiger partial charge in [0.15, 0.2) is 17.2 Å². The van der Waals surface area contributed by atoms with Crippen molar-refractivity contribution in [1.82, 2.24) is 15.1 Å². The maximum absolute atomic E-state index is 14.2. The summed E-state index contributed by atoms with van der Waals surface area (Å²) in [4.78, 5) is 43.6. The second-order valence-electron chi connectivity index (χ2n) is 11.2. The summed E-state index contributed by atoms with van der Waals surface area (Å²) < 4.78 is 0. The van der Waals surface area contributed by atoms with Crippen molar-refractivity contribution in [1.29, 1.82) is 0 Å². The minimum atomic E-state index is -2.65. The lowest BCUT2D eigenvalue weighted by Gasteiger charge is -2.55. The molecule has 4 atom stereocenters. The van der Waals surface area contributed by atoms with Crippen LogP contribution >= 0.6 is 0 Å². The summed E-state index contributed by atoms with van der Waals surface area (Å²) in [5.41, 5.74) is -3.29. The number of hydrogen-bond donors (Lipinski definition) is 6. The summed E-state index contributed by atoms with van der Waals surface area (Å²) in [6.07, 6.45) is 0.169. The molecule has 0 unspecified atom stereocenters. The molecule has 0 spiro atoms. The van der Waals surface area contributed by atoms with Crippen molar-refractivity contribution >= 4 is 17.3 Å². The predicted molar refractivity (Wildman–Crippen MR) is 141 cm³/mol. The fourth-order valence-corrected chi connectivity index (χ4v) is 6.92. The normalized spacial score (nSPS) is 28.6. The number of nitrogens with one attached hydrogen (secondary N) is 1. The number of carbonyl (C=O) groups is 3. The number of aliphatic hydroxyl groups excluding tert-OH is 3. The Hall–Kier alpha value is -3.09. The van der Waals surface area contributed by atoms with Crippen LogP contribution in [0.4, 0.5) is 0 Å². The van der Waals surface area contributed by atoms with Gasteiger partial charge < -0.3 is 35.7 Å². The second-order valence-corrected chi connectivity index (χ2v) is 11.2. The number of aliphatic hydroxyl groups is 4. The summed E-state index contributed by atoms with van der Waals surface area (Å²) in [6.45, 7) is 1.75. The summed E-state index contributed by atoms with van der Waals surface area (Å²) >= 11 is 0. The minimum absolute atomic E-state index is 0.00983. The van der Waals surface area contributed by atoms with E-state index in [4.69, 9.17) is 0 Å². The van der Waals surface area contributed by atoms with Crippen LogP contribution in [-0.4, -0.2) is 112 Å². The molecule has 0 fully saturated rings. The number of carbonyl (C=O) groups excluding carboxylic acids is 3. The van der Waals surface area contributed by atoms with Gasteiger partial charge in [0.25, 0.3) is 0 Å². The highest BCUT2D eigenvalue weighted by molar-refractivity contribution is 6.25. The lowest BCUT2D eigenvalue weighted by atomic mass is 9.52. The summed E-state index contributed by atoms with van der Waals surface area (Å²) in [5.74, 6) is -5.41. The van der Waals surface area contributed by atoms with Crippen LogP contribution < -0.4 is 5.32 Å². The smallest absolute Gasteiger partial charge is 0.209 e. The Kier molecular flexibility index (Phi) is 7.52. The van der Waals surface area contributed by atoms with Crippen LogP contribution in [0.2, 0.25) is 0 Å². The molecule has 0 amide bonds. The minimum Gasteiger partial charge on any atom is -0.510 e. The third-order valence-corrected chi connectivity index (χ3v) is 8.45. The highest BCUT2D eigenvalue weighted by atomic mass is 16.3. The molecule has 39 heavy (non-hydrogen) atoms. The average Bonchev–Trinajstić information content (AvgIpc) is 2.83. The summed E-state index contributed by atoms with van der Waals surface area (Å²) in [6, 6.07) is 2.10. The summed E-state index contributed by atoms with van der Waals surface area (Å²) in [5, 5.41) is 58.3. The molecule has 6 N–H and O–H groups in total. The fraction of sp³-hybridized carbons (Fsp3) is 0.536. The maximum Gasteiger partial charge on any atom is 0.209 e. The van der Waals surface area contributed by atoms with Gasteiger partial charge in [-0.15, -0.1) is 0 Å². The van der Waals surface area contributed by atoms with Crippen molar-refractivity contribution in [3.63, 3.8) is 0 Å². The molecule has 0 saturated carbocycles. The molecule has 1 aromatic rings. The highest BCUT2D eigenvalue weighted by Gasteiger charge is 2.66. The van der Waals surface area contributed by atoms with Gasteiger partial charge in [-0.05, 0) is 65.1 Å². The molecule has 212 valence electrons. The first-order chi connectivity index (χ1) is 18.3. The van der Waals surface area contributed by atoms with Crippen LogP contribution in [0, 0.1) is 11.3 Å². The molecule has 3 aliphatic rings. The highest BCUT2D eigenvalue weighted by Crippen LogP contribution is 2.58. The first-order valence-electron chi connectivity index (χ1n) is 12.9. The number of phenols is 1. The van der Waals surface area contributed by atoms with E-state index < -0.39 is 57.4 Å². The number of Topliss-reactive ketones (excluding diaryl/α,β-unsaturated/α-hetero) is 3. The van der Waals surface area contributed by atoms with Gasteiger partial charge in [0.05, 0.1) is 18.2 Å². The van der Waals surface area contributed by atoms with Gasteiger partial charge in [0.2, 0.25) is 5.78 Å². The zero-order valence-corrected chi connectivity index (χ0v) is 22.9. The van der Waals surface area contributed by atoms with E-state index in [1.165, 1.54) is 6.07 Å². The predicted octanol–water partition coefficient (Wildman–Crippen LogP) is 0.238. The lowest BCUT2D eigenvalue weighted by molar-refractivity contribution is -0.150. The Morgan fingerprint density at radius 2 is 1.82 bits per heavy atom. The Morgan fingerprint density at radius 3 is 2.38 bits per heavy atom. The number of benzene rings is 1. The number of ketones is 3. The van der Waals surface area contributed by atoms with Crippen LogP contribution in [0.3, 0.4) is 0 Å². The quantitative estimate of drug-likeness (QED) is 0.248. The first kappa shape index (κ1) is 28.9. The number of hydrogen-bond acceptors (Lipinski definition) is 11. The van der Waals surface area contributed by atoms with Gasteiger partial charge in [0.1, 0.15) is 22.8 Å². The molecule has 11 heteroatoms. The van der Waals surface area contributed by atoms with E-state index in [-0.39, 0.29) is 49.4 Å². The number of phenolic OH excluding ortho intramolecular Hbond substituents is 1. The topological polar surface area (TPSA) is 171 Å². The molecule has 0 aromatic heterocycles. The molecule has 3 aliphatic carbocycles. The molecule has 0 radical (unpaired) electrons. The van der Waals surface area contributed by atoms with Crippen LogP contribution in [-0.2, 0) is 22.6 Å². The third kappa shape index (κ3) is 4.20. The number of nitrogens with zero attached hydrogens (tertiary/aromatic N) is 2. The lowest BCUT2D eigenvalue weighted by Crippen LogP contribution is -2.66. The Morgan fingerprint density at radius 1 is 1.15 bits per heavy atom. The standard InChI is InChI=1S/C28H37N3O8/c1-14(33)19-24(36)22(30(3)4)17-11-27(13-31(5)8-9-32)10-16-15(12-29-2)6-7-18(34)20(16)23(35)21(27)26(38)28(17,39)25(19)37/h6-7,17,22,29,32,34,36,38-39H,8-13H2,1-5H3/t17-,22-,27-,28+/m0/s1. The molecule has 0 bridgehead atoms. The molecular formula is C28H37N3O8. The van der Waals surface area contributed by atoms with Gasteiger partial charge >= 0.3 is 0 Å². The van der Waals surface area contributed by atoms with E-state index in [2.05, 4.69) is 5.32 Å². The zero-order chi connectivity index (χ0) is 29.0. The van der Waals surface area contributed by atoms with E-state index in [1.54, 1.807) is 44.1 Å². The number of aromatic hydroxyl groups is 1. The maximum atomic E-state index is 14.2. The van der Waals surface area contributed by atoms with Gasteiger partial charge in [0, 0.05) is 36.5 Å². The Bertz CT molecular complexity index is 1300. The number of likely N-dealkylation sites (N-methyl/N-ethyl adjacent to an activating group) is 2. The SMILES string of the molecule is CNCc1ccc(O)c2c1C[C@@]1(CN(C)CCO)C[C@H]3[C@H](N(C)C)C(O)=C(C(C)=O)C(=O)[C@@]3(O)C(O)=C1C2=O. The molecule has 0 heterocycles. The molecule has 0 saturated heterocycles. The molecule has 1 aromatic carbocycles. The van der Waals surface area contributed by atoms with Crippen molar-refractivity contribution in [2.75, 3.05) is 47.9 Å². The van der Waals surface area contributed by atoms with Crippen molar-refractivity contribution in [2.45, 2.75) is 38.0 Å². The third-order valence-electron chi connectivity index (χ3n) is 8.45. The van der Waals surface area contributed by atoms with Crippen molar-refractivity contribution in [2.24, 2.45) is 11.3 Å². The van der Waals surface area contributed by atoms with E-state index >= 15 is 0 Å². The first-order valence-corrected chi connectivity index (χ1v) is 12.9. The van der Waals surface area contributed by atoms with Gasteiger partial charge in [-0.2, -0.15) is 0 Å². The van der Waals surface area contributed by atoms with E-state index in [0.717, 1.165) is 12.5 Å². The van der Waals surface area contributed by atoms with E-state index in [1.807, 2.05) is 0 Å². The largest absolute Gasteiger partial charge is 0.510 e. The summed E-state index contributed by atoms with van der Waals surface area (Å²) in [7, 11) is 6.75. The monoisotopic (exact) mass is 543 g/mol. The van der Waals surface area contributed by atoms with Crippen molar-refractivity contribution in [3.8, 4) is 5.75 Å². The average molecular weight is 544 g/mol. The van der Waals surface area contributed by atoms with Crippen molar-refractivity contribution in [3.05, 3.63) is 51.5 Å². The second kappa shape index (κ2) is 10.1. The van der Waals surface area contributed by atoms with Crippen LogP contribution in [0.1, 0.15) is 34.8 Å². The Balaban J connectivity index is 2.07. The number of fused-ring (bicyclic) bond motifs is 3.